The van der Waals surface area contributed by atoms with Gasteiger partial charge in [0, 0.05) is 19.5 Å². The van der Waals surface area contributed by atoms with Crippen molar-refractivity contribution in [1.82, 2.24) is 10.2 Å². The van der Waals surface area contributed by atoms with E-state index in [1.165, 1.54) is 11.0 Å². The lowest BCUT2D eigenvalue weighted by atomic mass is 9.85. The first-order valence-corrected chi connectivity index (χ1v) is 6.24. The van der Waals surface area contributed by atoms with Crippen LogP contribution in [0.5, 0.6) is 0 Å². The van der Waals surface area contributed by atoms with Crippen LogP contribution in [-0.2, 0) is 9.59 Å². The first-order valence-electron chi connectivity index (χ1n) is 6.24. The number of urea groups is 1. The van der Waals surface area contributed by atoms with Crippen LogP contribution in [0.15, 0.2) is 12.7 Å². The Kier molecular flexibility index (Phi) is 7.53. The average molecular weight is 286 g/mol. The molecule has 0 bridgehead atoms. The van der Waals surface area contributed by atoms with E-state index in [4.69, 9.17) is 10.2 Å². The summed E-state index contributed by atoms with van der Waals surface area (Å²) in [5.74, 6) is -1.55. The highest BCUT2D eigenvalue weighted by Crippen LogP contribution is 2.24. The van der Waals surface area contributed by atoms with Crippen molar-refractivity contribution >= 4 is 17.9 Å². The van der Waals surface area contributed by atoms with Crippen molar-refractivity contribution in [3.05, 3.63) is 12.7 Å². The van der Waals surface area contributed by atoms with Crippen molar-refractivity contribution in [2.75, 3.05) is 19.7 Å². The third-order valence-electron chi connectivity index (χ3n) is 2.52. The number of carboxylic acids is 1. The van der Waals surface area contributed by atoms with Crippen molar-refractivity contribution in [1.29, 1.82) is 0 Å². The standard InChI is InChI=1S/C13H22N2O5/c1-4-5-15(6-7-16)12(20)14-10(17)8-13(2,3)9-11(18)19/h4,16H,1,5-9H2,2-3H3,(H,18,19)(H,14,17,20). The molecule has 0 saturated carbocycles. The zero-order valence-electron chi connectivity index (χ0n) is 11.9. The third kappa shape index (κ3) is 7.52. The van der Waals surface area contributed by atoms with Crippen LogP contribution in [-0.4, -0.2) is 52.7 Å². The monoisotopic (exact) mass is 286 g/mol. The maximum absolute atomic E-state index is 11.8. The second-order valence-corrected chi connectivity index (χ2v) is 5.22. The number of amides is 3. The highest BCUT2D eigenvalue weighted by molar-refractivity contribution is 5.94. The van der Waals surface area contributed by atoms with Gasteiger partial charge in [-0.25, -0.2) is 4.79 Å². The van der Waals surface area contributed by atoms with Gasteiger partial charge < -0.3 is 15.1 Å². The summed E-state index contributed by atoms with van der Waals surface area (Å²) in [6.07, 6.45) is 1.24. The number of carbonyl (C=O) groups excluding carboxylic acids is 2. The molecular formula is C13H22N2O5. The lowest BCUT2D eigenvalue weighted by Gasteiger charge is -2.23. The van der Waals surface area contributed by atoms with Crippen molar-refractivity contribution in [2.24, 2.45) is 5.41 Å². The Labute approximate surface area is 118 Å². The summed E-state index contributed by atoms with van der Waals surface area (Å²) in [6, 6.07) is -0.630. The van der Waals surface area contributed by atoms with Crippen LogP contribution in [0.2, 0.25) is 0 Å². The molecule has 0 fully saturated rings. The van der Waals surface area contributed by atoms with E-state index in [-0.39, 0.29) is 32.5 Å². The summed E-state index contributed by atoms with van der Waals surface area (Å²) < 4.78 is 0. The second kappa shape index (κ2) is 8.31. The van der Waals surface area contributed by atoms with Gasteiger partial charge in [0.1, 0.15) is 0 Å². The van der Waals surface area contributed by atoms with E-state index < -0.39 is 23.3 Å². The Balaban J connectivity index is 4.47. The fourth-order valence-corrected chi connectivity index (χ4v) is 1.70. The predicted molar refractivity (Wildman–Crippen MR) is 73.0 cm³/mol. The number of hydrogen-bond acceptors (Lipinski definition) is 4. The summed E-state index contributed by atoms with van der Waals surface area (Å²) >= 11 is 0. The predicted octanol–water partition coefficient (Wildman–Crippen LogP) is 0.594. The Hall–Kier alpha value is -1.89. The molecule has 0 aliphatic carbocycles. The lowest BCUT2D eigenvalue weighted by molar-refractivity contribution is -0.139. The number of carboxylic acid groups (broad SMARTS) is 1. The maximum atomic E-state index is 11.8. The van der Waals surface area contributed by atoms with Gasteiger partial charge >= 0.3 is 12.0 Å². The summed E-state index contributed by atoms with van der Waals surface area (Å²) in [7, 11) is 0. The molecular weight excluding hydrogens is 264 g/mol. The summed E-state index contributed by atoms with van der Waals surface area (Å²) in [6.45, 7) is 6.83. The summed E-state index contributed by atoms with van der Waals surface area (Å²) in [5, 5.41) is 19.7. The molecule has 3 N–H and O–H groups in total. The SMILES string of the molecule is C=CCN(CCO)C(=O)NC(=O)CC(C)(C)CC(=O)O. The quantitative estimate of drug-likeness (QED) is 0.566. The number of nitrogens with one attached hydrogen (secondary N) is 1. The molecule has 0 radical (unpaired) electrons. The topological polar surface area (TPSA) is 107 Å². The first kappa shape index (κ1) is 18.1. The van der Waals surface area contributed by atoms with Crippen LogP contribution >= 0.6 is 0 Å². The average Bonchev–Trinajstić information content (AvgIpc) is 2.25. The molecule has 7 heteroatoms. The van der Waals surface area contributed by atoms with E-state index in [0.717, 1.165) is 0 Å². The van der Waals surface area contributed by atoms with Gasteiger partial charge in [0.25, 0.3) is 0 Å². The summed E-state index contributed by atoms with van der Waals surface area (Å²) in [5.41, 5.74) is -0.740. The minimum absolute atomic E-state index is 0.0773. The highest BCUT2D eigenvalue weighted by Gasteiger charge is 2.26. The van der Waals surface area contributed by atoms with Crippen LogP contribution in [0.25, 0.3) is 0 Å². The van der Waals surface area contributed by atoms with E-state index in [1.807, 2.05) is 0 Å². The van der Waals surface area contributed by atoms with Gasteiger partial charge in [-0.05, 0) is 5.41 Å². The maximum Gasteiger partial charge on any atom is 0.324 e. The summed E-state index contributed by atoms with van der Waals surface area (Å²) in [4.78, 5) is 35.4. The molecule has 0 unspecified atom stereocenters. The molecule has 0 spiro atoms. The number of hydrogen-bond donors (Lipinski definition) is 3. The van der Waals surface area contributed by atoms with Gasteiger partial charge in [-0.2, -0.15) is 0 Å². The molecule has 0 aliphatic heterocycles. The largest absolute Gasteiger partial charge is 0.481 e. The van der Waals surface area contributed by atoms with Gasteiger partial charge in [-0.15, -0.1) is 6.58 Å². The van der Waals surface area contributed by atoms with Gasteiger partial charge in [0.2, 0.25) is 5.91 Å². The minimum Gasteiger partial charge on any atom is -0.481 e. The van der Waals surface area contributed by atoms with E-state index in [1.54, 1.807) is 13.8 Å². The van der Waals surface area contributed by atoms with Gasteiger partial charge in [-0.3, -0.25) is 14.9 Å². The van der Waals surface area contributed by atoms with E-state index in [0.29, 0.717) is 0 Å². The van der Waals surface area contributed by atoms with Gasteiger partial charge in [-0.1, -0.05) is 19.9 Å². The number of aliphatic hydroxyl groups is 1. The van der Waals surface area contributed by atoms with E-state index in [2.05, 4.69) is 11.9 Å². The van der Waals surface area contributed by atoms with Gasteiger partial charge in [0.05, 0.1) is 13.0 Å². The van der Waals surface area contributed by atoms with Crippen molar-refractivity contribution in [3.8, 4) is 0 Å². The molecule has 0 aromatic heterocycles. The van der Waals surface area contributed by atoms with E-state index >= 15 is 0 Å². The number of aliphatic hydroxyl groups excluding tert-OH is 1. The third-order valence-corrected chi connectivity index (χ3v) is 2.52. The molecule has 0 aliphatic rings. The Morgan fingerprint density at radius 1 is 1.30 bits per heavy atom. The minimum atomic E-state index is -0.998. The van der Waals surface area contributed by atoms with E-state index in [9.17, 15) is 14.4 Å². The molecule has 0 heterocycles. The molecule has 7 nitrogen and oxygen atoms in total. The van der Waals surface area contributed by atoms with Crippen molar-refractivity contribution in [2.45, 2.75) is 26.7 Å². The van der Waals surface area contributed by atoms with Crippen LogP contribution in [0.4, 0.5) is 4.79 Å². The Bertz CT molecular complexity index is 379. The Morgan fingerprint density at radius 3 is 2.35 bits per heavy atom. The lowest BCUT2D eigenvalue weighted by Crippen LogP contribution is -2.45. The molecule has 0 aromatic rings. The van der Waals surface area contributed by atoms with Crippen LogP contribution in [0, 0.1) is 5.41 Å². The molecule has 0 atom stereocenters. The van der Waals surface area contributed by atoms with Crippen LogP contribution < -0.4 is 5.32 Å². The fraction of sp³-hybridized carbons (Fsp3) is 0.615. The molecule has 0 saturated heterocycles. The Morgan fingerprint density at radius 2 is 1.90 bits per heavy atom. The normalized spacial score (nSPS) is 10.8. The number of imide groups is 1. The molecule has 0 rings (SSSR count). The highest BCUT2D eigenvalue weighted by atomic mass is 16.4. The second-order valence-electron chi connectivity index (χ2n) is 5.22. The molecule has 0 aromatic carbocycles. The molecule has 114 valence electrons. The molecule has 3 amide bonds. The van der Waals surface area contributed by atoms with Crippen molar-refractivity contribution < 1.29 is 24.6 Å². The number of rotatable bonds is 8. The number of nitrogens with zero attached hydrogens (tertiary/aromatic N) is 1. The number of carbonyl (C=O) groups is 3. The zero-order chi connectivity index (χ0) is 15.8. The van der Waals surface area contributed by atoms with Crippen LogP contribution in [0.1, 0.15) is 26.7 Å². The fourth-order valence-electron chi connectivity index (χ4n) is 1.70. The zero-order valence-corrected chi connectivity index (χ0v) is 11.9. The molecule has 20 heavy (non-hydrogen) atoms. The first-order chi connectivity index (χ1) is 9.21. The van der Waals surface area contributed by atoms with Crippen LogP contribution in [0.3, 0.4) is 0 Å². The number of aliphatic carboxylic acids is 1. The van der Waals surface area contributed by atoms with Crippen molar-refractivity contribution in [3.63, 3.8) is 0 Å². The smallest absolute Gasteiger partial charge is 0.324 e. The van der Waals surface area contributed by atoms with Gasteiger partial charge in [0.15, 0.2) is 0 Å².